The quantitative estimate of drug-likeness (QED) is 0.0418. The molecule has 0 aromatic heterocycles. The van der Waals surface area contributed by atoms with Gasteiger partial charge in [0.2, 0.25) is 0 Å². The monoisotopic (exact) mass is 1240 g/mol. The summed E-state index contributed by atoms with van der Waals surface area (Å²) in [5.74, 6) is 0. The molecule has 0 radical (unpaired) electrons. The molecule has 3 aromatic carbocycles. The molecular weight excluding hydrogens is 1100 g/mol. The molecule has 0 aliphatic carbocycles. The van der Waals surface area contributed by atoms with E-state index in [1.165, 1.54) is 311 Å². The Morgan fingerprint density at radius 1 is 0.264 bits per heavy atom. The molecule has 5 heteroatoms. The smallest absolute Gasteiger partial charge is 0.0654 e. The Bertz CT molecular complexity index is 2120. The summed E-state index contributed by atoms with van der Waals surface area (Å²) in [4.78, 5) is 0.552. The summed E-state index contributed by atoms with van der Waals surface area (Å²) in [6.07, 6.45) is 76.4. The zero-order valence-corrected chi connectivity index (χ0v) is 60.9. The summed E-state index contributed by atoms with van der Waals surface area (Å²) in [5.41, 5.74) is 3.99. The molecule has 0 aliphatic rings. The van der Waals surface area contributed by atoms with Crippen LogP contribution >= 0.6 is 6.83 Å². The topological polar surface area (TPSA) is 43.4 Å². The molecule has 0 heterocycles. The number of hydrogen-bond donors (Lipinski definition) is 0. The average molecular weight is 1240 g/mol. The van der Waals surface area contributed by atoms with Gasteiger partial charge in [0.25, 0.3) is 0 Å². The molecule has 87 heavy (non-hydrogen) atoms. The van der Waals surface area contributed by atoms with E-state index in [1.54, 1.807) is 0 Å². The third-order valence-corrected chi connectivity index (χ3v) is 29.4. The standard InChI is InChI=1S/C82H147O3PS/c1-7-13-19-22-25-28-31-34-37-40-43-46-49-52-55-61-68-77-78(69-62-56-53-50-47-44-41-38-35-32-29-26-23-20-14-8-2)80(71-63-57-54-51-48-45-42-39-36-33-30-27-24-21-15-9-3)82(81-72-65-64-70-79(77)81)87(83,84)85-86(73-16-10-4,74-17-11-5,75-18-12-6)76-66-59-58-60-67-76/h58-60,64-67,70,72H,7-57,61-63,68-69,71,73-75H2,1-6H3. The van der Waals surface area contributed by atoms with Crippen molar-refractivity contribution in [3.63, 3.8) is 0 Å². The zero-order chi connectivity index (χ0) is 62.5. The maximum absolute atomic E-state index is 16.5. The number of unbranched alkanes of at least 4 members (excludes halogenated alkanes) is 48. The fraction of sp³-hybridized carbons (Fsp3) is 0.805. The Balaban J connectivity index is 1.94. The van der Waals surface area contributed by atoms with Crippen LogP contribution in [0.3, 0.4) is 0 Å². The molecule has 3 aromatic rings. The van der Waals surface area contributed by atoms with Crippen molar-refractivity contribution >= 4 is 33.0 Å². The van der Waals surface area contributed by atoms with Crippen LogP contribution in [0.25, 0.3) is 10.8 Å². The van der Waals surface area contributed by atoms with Gasteiger partial charge in [-0.15, -0.1) is 0 Å². The van der Waals surface area contributed by atoms with Gasteiger partial charge < -0.3 is 0 Å². The van der Waals surface area contributed by atoms with Crippen LogP contribution in [0.1, 0.15) is 405 Å². The van der Waals surface area contributed by atoms with Crippen LogP contribution in [0.4, 0.5) is 0 Å². The summed E-state index contributed by atoms with van der Waals surface area (Å²) < 4.78 is 40.8. The van der Waals surface area contributed by atoms with E-state index in [0.29, 0.717) is 4.90 Å². The SMILES string of the molecule is CCCCCCCCCCCCCCCCCCc1c(CCCCCCCCCCCCCCCCCC)c(S(=O)(=O)OP(CCCC)(CCCC)(CCCC)c2ccccc2)c2ccccc2c1CCCCCCCCCCCCCCCCCC. The molecule has 0 amide bonds. The van der Waals surface area contributed by atoms with E-state index in [2.05, 4.69) is 96.1 Å². The number of aryl methyl sites for hydroxylation is 1. The Morgan fingerprint density at radius 2 is 0.506 bits per heavy atom. The van der Waals surface area contributed by atoms with E-state index in [-0.39, 0.29) is 0 Å². The third kappa shape index (κ3) is 33.6. The fourth-order valence-electron chi connectivity index (χ4n) is 14.8. The first-order valence-corrected chi connectivity index (χ1v) is 43.5. The van der Waals surface area contributed by atoms with Crippen LogP contribution in [0.2, 0.25) is 0 Å². The zero-order valence-electron chi connectivity index (χ0n) is 59.2. The van der Waals surface area contributed by atoms with E-state index in [0.717, 1.165) is 106 Å². The summed E-state index contributed by atoms with van der Waals surface area (Å²) in [6.45, 7) is 10.2. The molecule has 0 saturated heterocycles. The number of hydrogen-bond acceptors (Lipinski definition) is 3. The molecule has 3 rings (SSSR count). The normalized spacial score (nSPS) is 12.6. The predicted octanol–water partition coefficient (Wildman–Crippen LogP) is 28.2. The molecule has 0 aliphatic heterocycles. The van der Waals surface area contributed by atoms with Crippen LogP contribution in [-0.2, 0) is 33.4 Å². The second-order valence-corrected chi connectivity index (χ2v) is 35.2. The van der Waals surface area contributed by atoms with E-state index in [4.69, 9.17) is 3.97 Å². The average Bonchev–Trinajstić information content (AvgIpc) is 0.973. The molecule has 0 unspecified atom stereocenters. The molecule has 0 bridgehead atoms. The van der Waals surface area contributed by atoms with E-state index in [1.807, 2.05) is 0 Å². The van der Waals surface area contributed by atoms with Crippen molar-refractivity contribution in [2.24, 2.45) is 0 Å². The van der Waals surface area contributed by atoms with Gasteiger partial charge >= 0.3 is 334 Å². The predicted molar refractivity (Wildman–Crippen MR) is 394 cm³/mol. The maximum atomic E-state index is 16.5. The number of benzene rings is 3. The van der Waals surface area contributed by atoms with Crippen molar-refractivity contribution in [2.45, 2.75) is 412 Å². The van der Waals surface area contributed by atoms with Crippen molar-refractivity contribution in [3.05, 3.63) is 71.3 Å². The fourth-order valence-corrected chi connectivity index (χ4v) is 24.9. The van der Waals surface area contributed by atoms with Gasteiger partial charge in [-0.05, 0) is 0 Å². The molecule has 0 N–H and O–H groups in total. The first-order valence-electron chi connectivity index (χ1n) is 39.4. The van der Waals surface area contributed by atoms with Crippen molar-refractivity contribution in [2.75, 3.05) is 18.5 Å². The molecule has 0 fully saturated rings. The van der Waals surface area contributed by atoms with Crippen LogP contribution < -0.4 is 5.30 Å². The van der Waals surface area contributed by atoms with E-state index >= 15 is 8.42 Å². The summed E-state index contributed by atoms with van der Waals surface area (Å²) >= 11 is 0. The third-order valence-electron chi connectivity index (χ3n) is 20.4. The van der Waals surface area contributed by atoms with Gasteiger partial charge in [0.1, 0.15) is 0 Å². The van der Waals surface area contributed by atoms with Gasteiger partial charge in [-0.1, -0.05) is 213 Å². The van der Waals surface area contributed by atoms with E-state index in [9.17, 15) is 0 Å². The minimum Gasteiger partial charge on any atom is -0.0654 e. The van der Waals surface area contributed by atoms with Gasteiger partial charge in [-0.3, -0.25) is 0 Å². The first-order chi connectivity index (χ1) is 42.8. The molecule has 0 spiro atoms. The second kappa shape index (κ2) is 52.7. The summed E-state index contributed by atoms with van der Waals surface area (Å²) in [5, 5.41) is 3.29. The van der Waals surface area contributed by atoms with Gasteiger partial charge in [0, 0.05) is 0 Å². The molecular formula is C82H147O3PS. The number of fused-ring (bicyclic) bond motifs is 1. The number of rotatable bonds is 64. The Hall–Kier alpha value is -1.74. The van der Waals surface area contributed by atoms with Crippen molar-refractivity contribution < 1.29 is 12.4 Å². The van der Waals surface area contributed by atoms with Crippen LogP contribution in [0.15, 0.2) is 59.5 Å². The van der Waals surface area contributed by atoms with Crippen molar-refractivity contribution in [3.8, 4) is 0 Å². The molecule has 504 valence electrons. The van der Waals surface area contributed by atoms with E-state index < -0.39 is 16.9 Å². The first kappa shape index (κ1) is 79.5. The van der Waals surface area contributed by atoms with Gasteiger partial charge in [-0.2, -0.15) is 0 Å². The molecule has 0 atom stereocenters. The summed E-state index contributed by atoms with van der Waals surface area (Å²) in [7, 11) is -4.24. The van der Waals surface area contributed by atoms with Gasteiger partial charge in [0.05, 0.1) is 0 Å². The van der Waals surface area contributed by atoms with Crippen molar-refractivity contribution in [1.29, 1.82) is 0 Å². The van der Waals surface area contributed by atoms with Gasteiger partial charge in [0.15, 0.2) is 0 Å². The van der Waals surface area contributed by atoms with Crippen LogP contribution in [0.5, 0.6) is 0 Å². The van der Waals surface area contributed by atoms with Gasteiger partial charge in [-0.25, -0.2) is 0 Å². The van der Waals surface area contributed by atoms with Crippen LogP contribution in [-0.4, -0.2) is 26.9 Å². The molecule has 0 saturated carbocycles. The molecule has 3 nitrogen and oxygen atoms in total. The Kier molecular flexibility index (Phi) is 48.2. The Labute approximate surface area is 544 Å². The summed E-state index contributed by atoms with van der Waals surface area (Å²) in [6, 6.07) is 19.7. The van der Waals surface area contributed by atoms with Crippen molar-refractivity contribution in [1.82, 2.24) is 0 Å². The minimum atomic E-state index is -4.24. The Morgan fingerprint density at radius 3 is 0.805 bits per heavy atom. The minimum absolute atomic E-state index is 0.552. The second-order valence-electron chi connectivity index (χ2n) is 28.2. The van der Waals surface area contributed by atoms with Crippen LogP contribution in [0, 0.1) is 0 Å².